The Morgan fingerprint density at radius 1 is 0.864 bits per heavy atom. The molecule has 0 fully saturated rings. The van der Waals surface area contributed by atoms with E-state index in [2.05, 4.69) is 29.6 Å². The number of unbranched alkanes of at least 4 members (excludes halogenated alkanes) is 1. The van der Waals surface area contributed by atoms with Crippen LogP contribution in [0.25, 0.3) is 0 Å². The number of carbonyl (C=O) groups excluding carboxylic acids is 1. The van der Waals surface area contributed by atoms with Crippen molar-refractivity contribution in [2.24, 2.45) is 0 Å². The summed E-state index contributed by atoms with van der Waals surface area (Å²) in [7, 11) is 0. The van der Waals surface area contributed by atoms with Crippen LogP contribution in [0.4, 0.5) is 0 Å². The van der Waals surface area contributed by atoms with E-state index in [1.54, 1.807) is 12.1 Å². The van der Waals surface area contributed by atoms with Gasteiger partial charge in [-0.25, -0.2) is 4.79 Å². The van der Waals surface area contributed by atoms with Crippen molar-refractivity contribution in [3.63, 3.8) is 0 Å². The average Bonchev–Trinajstić information content (AvgIpc) is 2.59. The molecule has 0 radical (unpaired) electrons. The lowest BCUT2D eigenvalue weighted by Crippen LogP contribution is -2.19. The number of hydrogen-bond acceptors (Lipinski definition) is 3. The molecule has 116 valence electrons. The molecule has 0 aromatic heterocycles. The lowest BCUT2D eigenvalue weighted by Gasteiger charge is -2.06. The molecule has 0 heterocycles. The molecule has 1 N–H and O–H groups in total. The van der Waals surface area contributed by atoms with Gasteiger partial charge < -0.3 is 10.1 Å². The molecule has 2 aromatic carbocycles. The van der Waals surface area contributed by atoms with Gasteiger partial charge in [0, 0.05) is 0 Å². The second-order valence-corrected chi connectivity index (χ2v) is 5.19. The Balaban J connectivity index is 1.47. The average molecular weight is 297 g/mol. The summed E-state index contributed by atoms with van der Waals surface area (Å²) in [5.41, 5.74) is 1.97. The first-order valence-corrected chi connectivity index (χ1v) is 7.83. The van der Waals surface area contributed by atoms with Crippen LogP contribution in [-0.4, -0.2) is 25.7 Å². The third kappa shape index (κ3) is 6.10. The van der Waals surface area contributed by atoms with Crippen molar-refractivity contribution in [2.75, 3.05) is 19.7 Å². The zero-order chi connectivity index (χ0) is 15.5. The fourth-order valence-corrected chi connectivity index (χ4v) is 2.18. The SMILES string of the molecule is O=C(OCCCCNCCc1ccccc1)c1ccccc1. The third-order valence-corrected chi connectivity index (χ3v) is 3.42. The van der Waals surface area contributed by atoms with Gasteiger partial charge in [0.2, 0.25) is 0 Å². The van der Waals surface area contributed by atoms with Crippen molar-refractivity contribution in [2.45, 2.75) is 19.3 Å². The largest absolute Gasteiger partial charge is 0.462 e. The highest BCUT2D eigenvalue weighted by Gasteiger charge is 2.04. The van der Waals surface area contributed by atoms with Crippen molar-refractivity contribution >= 4 is 5.97 Å². The zero-order valence-corrected chi connectivity index (χ0v) is 12.8. The molecule has 22 heavy (non-hydrogen) atoms. The first kappa shape index (κ1) is 16.2. The second-order valence-electron chi connectivity index (χ2n) is 5.19. The summed E-state index contributed by atoms with van der Waals surface area (Å²) in [5, 5.41) is 3.41. The van der Waals surface area contributed by atoms with Gasteiger partial charge in [-0.05, 0) is 50.0 Å². The van der Waals surface area contributed by atoms with Gasteiger partial charge in [0.05, 0.1) is 12.2 Å². The minimum atomic E-state index is -0.238. The normalized spacial score (nSPS) is 10.4. The van der Waals surface area contributed by atoms with Crippen LogP contribution in [0.15, 0.2) is 60.7 Å². The summed E-state index contributed by atoms with van der Waals surface area (Å²) in [6.45, 7) is 2.41. The van der Waals surface area contributed by atoms with Crippen molar-refractivity contribution in [3.8, 4) is 0 Å². The van der Waals surface area contributed by atoms with Crippen LogP contribution < -0.4 is 5.32 Å². The summed E-state index contributed by atoms with van der Waals surface area (Å²) in [4.78, 5) is 11.7. The maximum Gasteiger partial charge on any atom is 0.338 e. The van der Waals surface area contributed by atoms with Gasteiger partial charge in [-0.1, -0.05) is 48.5 Å². The molecule has 0 aliphatic heterocycles. The highest BCUT2D eigenvalue weighted by Crippen LogP contribution is 2.02. The summed E-state index contributed by atoms with van der Waals surface area (Å²) in [5.74, 6) is -0.238. The van der Waals surface area contributed by atoms with Crippen LogP contribution >= 0.6 is 0 Å². The Bertz CT molecular complexity index is 540. The van der Waals surface area contributed by atoms with Crippen molar-refractivity contribution in [1.29, 1.82) is 0 Å². The molecule has 3 nitrogen and oxygen atoms in total. The summed E-state index contributed by atoms with van der Waals surface area (Å²) < 4.78 is 5.24. The molecule has 0 amide bonds. The standard InChI is InChI=1S/C19H23NO2/c21-19(18-11-5-2-6-12-18)22-16-8-7-14-20-15-13-17-9-3-1-4-10-17/h1-6,9-12,20H,7-8,13-16H2. The smallest absolute Gasteiger partial charge is 0.338 e. The first-order valence-electron chi connectivity index (χ1n) is 7.83. The lowest BCUT2D eigenvalue weighted by molar-refractivity contribution is 0.0498. The van der Waals surface area contributed by atoms with Gasteiger partial charge in [-0.15, -0.1) is 0 Å². The molecular weight excluding hydrogens is 274 g/mol. The van der Waals surface area contributed by atoms with E-state index in [4.69, 9.17) is 4.74 Å². The molecule has 0 unspecified atom stereocenters. The Labute approximate surface area is 132 Å². The van der Waals surface area contributed by atoms with Crippen molar-refractivity contribution in [1.82, 2.24) is 5.32 Å². The molecule has 0 aliphatic carbocycles. The van der Waals surface area contributed by atoms with Crippen LogP contribution in [0.1, 0.15) is 28.8 Å². The monoisotopic (exact) mass is 297 g/mol. The molecule has 3 heteroatoms. The van der Waals surface area contributed by atoms with Gasteiger partial charge in [0.1, 0.15) is 0 Å². The van der Waals surface area contributed by atoms with E-state index in [0.717, 1.165) is 32.4 Å². The Morgan fingerprint density at radius 2 is 1.55 bits per heavy atom. The maximum atomic E-state index is 11.7. The molecule has 2 aromatic rings. The van der Waals surface area contributed by atoms with Crippen molar-refractivity contribution < 1.29 is 9.53 Å². The summed E-state index contributed by atoms with van der Waals surface area (Å²) in [6.07, 6.45) is 2.94. The Hall–Kier alpha value is -2.13. The second kappa shape index (κ2) is 9.74. The van der Waals surface area contributed by atoms with Crippen LogP contribution in [-0.2, 0) is 11.2 Å². The number of hydrogen-bond donors (Lipinski definition) is 1. The molecule has 0 atom stereocenters. The predicted molar refractivity (Wildman–Crippen MR) is 89.0 cm³/mol. The number of ether oxygens (including phenoxy) is 1. The number of nitrogens with one attached hydrogen (secondary N) is 1. The topological polar surface area (TPSA) is 38.3 Å². The molecule has 2 rings (SSSR count). The fourth-order valence-electron chi connectivity index (χ4n) is 2.18. The van der Waals surface area contributed by atoms with E-state index in [0.29, 0.717) is 12.2 Å². The predicted octanol–water partition coefficient (Wildman–Crippen LogP) is 3.46. The number of benzene rings is 2. The highest BCUT2D eigenvalue weighted by molar-refractivity contribution is 5.89. The number of esters is 1. The quantitative estimate of drug-likeness (QED) is 0.569. The molecule has 0 saturated carbocycles. The lowest BCUT2D eigenvalue weighted by atomic mass is 10.1. The van der Waals surface area contributed by atoms with E-state index in [-0.39, 0.29) is 5.97 Å². The molecule has 0 aliphatic rings. The van der Waals surface area contributed by atoms with E-state index in [9.17, 15) is 4.79 Å². The van der Waals surface area contributed by atoms with E-state index in [1.807, 2.05) is 24.3 Å². The summed E-state index contributed by atoms with van der Waals surface area (Å²) >= 11 is 0. The van der Waals surface area contributed by atoms with Crippen LogP contribution in [0.2, 0.25) is 0 Å². The maximum absolute atomic E-state index is 11.7. The van der Waals surface area contributed by atoms with Gasteiger partial charge in [0.25, 0.3) is 0 Å². The van der Waals surface area contributed by atoms with E-state index < -0.39 is 0 Å². The number of rotatable bonds is 9. The van der Waals surface area contributed by atoms with E-state index >= 15 is 0 Å². The van der Waals surface area contributed by atoms with Crippen LogP contribution in [0.5, 0.6) is 0 Å². The van der Waals surface area contributed by atoms with Crippen molar-refractivity contribution in [3.05, 3.63) is 71.8 Å². The minimum absolute atomic E-state index is 0.238. The Morgan fingerprint density at radius 3 is 2.27 bits per heavy atom. The minimum Gasteiger partial charge on any atom is -0.462 e. The van der Waals surface area contributed by atoms with Gasteiger partial charge in [-0.3, -0.25) is 0 Å². The third-order valence-electron chi connectivity index (χ3n) is 3.42. The highest BCUT2D eigenvalue weighted by atomic mass is 16.5. The summed E-state index contributed by atoms with van der Waals surface area (Å²) in [6, 6.07) is 19.6. The zero-order valence-electron chi connectivity index (χ0n) is 12.8. The molecule has 0 saturated heterocycles. The molecular formula is C19H23NO2. The first-order chi connectivity index (χ1) is 10.9. The fraction of sp³-hybridized carbons (Fsp3) is 0.316. The Kier molecular flexibility index (Phi) is 7.19. The molecule has 0 bridgehead atoms. The van der Waals surface area contributed by atoms with Gasteiger partial charge in [-0.2, -0.15) is 0 Å². The number of carbonyl (C=O) groups is 1. The van der Waals surface area contributed by atoms with Crippen LogP contribution in [0, 0.1) is 0 Å². The molecule has 0 spiro atoms. The van der Waals surface area contributed by atoms with E-state index in [1.165, 1.54) is 5.56 Å². The van der Waals surface area contributed by atoms with Crippen LogP contribution in [0.3, 0.4) is 0 Å². The van der Waals surface area contributed by atoms with Gasteiger partial charge in [0.15, 0.2) is 0 Å². The van der Waals surface area contributed by atoms with Gasteiger partial charge >= 0.3 is 5.97 Å².